The average Bonchev–Trinajstić information content (AvgIpc) is 3.11. The lowest BCUT2D eigenvalue weighted by molar-refractivity contribution is -0.128. The number of amides is 1. The van der Waals surface area contributed by atoms with E-state index in [-0.39, 0.29) is 23.7 Å². The molecule has 0 aromatic heterocycles. The van der Waals surface area contributed by atoms with Crippen LogP contribution >= 0.6 is 0 Å². The summed E-state index contributed by atoms with van der Waals surface area (Å²) in [5.74, 6) is 1.34. The molecule has 1 aliphatic carbocycles. The van der Waals surface area contributed by atoms with Crippen molar-refractivity contribution in [3.63, 3.8) is 0 Å². The summed E-state index contributed by atoms with van der Waals surface area (Å²) in [4.78, 5) is 26.1. The molecule has 1 saturated carbocycles. The molecule has 112 valence electrons. The third-order valence-electron chi connectivity index (χ3n) is 5.39. The quantitative estimate of drug-likeness (QED) is 0.753. The minimum Gasteiger partial charge on any atom is -0.389 e. The van der Waals surface area contributed by atoms with E-state index in [9.17, 15) is 14.7 Å². The third-order valence-corrected chi connectivity index (χ3v) is 5.39. The Hall–Kier alpha value is -0.940. The topological polar surface area (TPSA) is 69.6 Å². The SMILES string of the molecule is O=C1NCC[C@H]1C[C@@H](C(=O)CO)N1C[C@H]2CCC[C@H]2C1. The smallest absolute Gasteiger partial charge is 0.223 e. The predicted octanol–water partition coefficient (Wildman–Crippen LogP) is 0.174. The van der Waals surface area contributed by atoms with E-state index >= 15 is 0 Å². The number of aliphatic hydroxyl groups excluding tert-OH is 1. The van der Waals surface area contributed by atoms with E-state index in [1.165, 1.54) is 19.3 Å². The second-order valence-electron chi connectivity index (χ2n) is 6.56. The maximum atomic E-state index is 12.1. The molecule has 2 aliphatic heterocycles. The maximum absolute atomic E-state index is 12.1. The lowest BCUT2D eigenvalue weighted by Crippen LogP contribution is -2.43. The number of aliphatic hydroxyl groups is 1. The number of nitrogens with one attached hydrogen (secondary N) is 1. The Labute approximate surface area is 119 Å². The highest BCUT2D eigenvalue weighted by Gasteiger charge is 2.42. The molecule has 4 atom stereocenters. The number of carbonyl (C=O) groups is 2. The molecule has 0 radical (unpaired) electrons. The van der Waals surface area contributed by atoms with Crippen LogP contribution in [-0.2, 0) is 9.59 Å². The molecule has 3 aliphatic rings. The number of carbonyl (C=O) groups excluding carboxylic acids is 2. The van der Waals surface area contributed by atoms with E-state index in [0.29, 0.717) is 6.42 Å². The summed E-state index contributed by atoms with van der Waals surface area (Å²) in [6.07, 6.45) is 5.24. The summed E-state index contributed by atoms with van der Waals surface area (Å²) in [5, 5.41) is 12.1. The predicted molar refractivity (Wildman–Crippen MR) is 74.0 cm³/mol. The molecule has 0 aromatic carbocycles. The van der Waals surface area contributed by atoms with Crippen LogP contribution in [0.25, 0.3) is 0 Å². The van der Waals surface area contributed by atoms with Gasteiger partial charge in [0.15, 0.2) is 5.78 Å². The monoisotopic (exact) mass is 280 g/mol. The molecule has 5 nitrogen and oxygen atoms in total. The zero-order valence-electron chi connectivity index (χ0n) is 11.9. The molecular weight excluding hydrogens is 256 g/mol. The van der Waals surface area contributed by atoms with Crippen LogP contribution in [0, 0.1) is 17.8 Å². The summed E-state index contributed by atoms with van der Waals surface area (Å²) >= 11 is 0. The van der Waals surface area contributed by atoms with Gasteiger partial charge in [0.25, 0.3) is 0 Å². The third kappa shape index (κ3) is 2.61. The first kappa shape index (κ1) is 14.0. The second-order valence-corrected chi connectivity index (χ2v) is 6.56. The van der Waals surface area contributed by atoms with Crippen LogP contribution in [-0.4, -0.2) is 54.0 Å². The van der Waals surface area contributed by atoms with E-state index in [2.05, 4.69) is 10.2 Å². The summed E-state index contributed by atoms with van der Waals surface area (Å²) in [6, 6.07) is -0.264. The average molecular weight is 280 g/mol. The van der Waals surface area contributed by atoms with Crippen LogP contribution in [0.1, 0.15) is 32.1 Å². The largest absolute Gasteiger partial charge is 0.389 e. The molecule has 0 spiro atoms. The van der Waals surface area contributed by atoms with E-state index in [0.717, 1.165) is 37.9 Å². The number of Topliss-reactive ketones (excluding diaryl/α,β-unsaturated/α-hetero) is 1. The highest BCUT2D eigenvalue weighted by molar-refractivity contribution is 5.87. The van der Waals surface area contributed by atoms with Gasteiger partial charge in [-0.05, 0) is 37.5 Å². The van der Waals surface area contributed by atoms with E-state index < -0.39 is 6.61 Å². The van der Waals surface area contributed by atoms with Crippen molar-refractivity contribution in [1.29, 1.82) is 0 Å². The minimum atomic E-state index is -0.412. The van der Waals surface area contributed by atoms with Gasteiger partial charge in [0.05, 0.1) is 6.04 Å². The van der Waals surface area contributed by atoms with Crippen molar-refractivity contribution < 1.29 is 14.7 Å². The van der Waals surface area contributed by atoms with Gasteiger partial charge < -0.3 is 10.4 Å². The Morgan fingerprint density at radius 3 is 2.55 bits per heavy atom. The first-order valence-corrected chi connectivity index (χ1v) is 7.84. The van der Waals surface area contributed by atoms with Crippen LogP contribution in [0.5, 0.6) is 0 Å². The van der Waals surface area contributed by atoms with Crippen molar-refractivity contribution in [3.05, 3.63) is 0 Å². The van der Waals surface area contributed by atoms with Crippen LogP contribution in [0.3, 0.4) is 0 Å². The molecule has 20 heavy (non-hydrogen) atoms. The van der Waals surface area contributed by atoms with Crippen molar-refractivity contribution >= 4 is 11.7 Å². The van der Waals surface area contributed by atoms with Gasteiger partial charge in [0.2, 0.25) is 5.91 Å². The second kappa shape index (κ2) is 5.82. The first-order chi connectivity index (χ1) is 9.69. The number of ketones is 1. The van der Waals surface area contributed by atoms with Crippen molar-refractivity contribution in [3.8, 4) is 0 Å². The zero-order valence-corrected chi connectivity index (χ0v) is 11.9. The summed E-state index contributed by atoms with van der Waals surface area (Å²) in [6.45, 7) is 2.24. The number of rotatable bonds is 5. The van der Waals surface area contributed by atoms with Gasteiger partial charge in [-0.2, -0.15) is 0 Å². The Bertz CT molecular complexity index is 387. The molecule has 2 N–H and O–H groups in total. The molecule has 5 heteroatoms. The van der Waals surface area contributed by atoms with E-state index in [1.54, 1.807) is 0 Å². The van der Waals surface area contributed by atoms with Crippen molar-refractivity contribution in [2.75, 3.05) is 26.2 Å². The van der Waals surface area contributed by atoms with Crippen LogP contribution in [0.15, 0.2) is 0 Å². The fourth-order valence-corrected chi connectivity index (χ4v) is 4.25. The molecule has 1 amide bonds. The summed E-state index contributed by atoms with van der Waals surface area (Å²) < 4.78 is 0. The van der Waals surface area contributed by atoms with Crippen LogP contribution in [0.2, 0.25) is 0 Å². The first-order valence-electron chi connectivity index (χ1n) is 7.84. The highest BCUT2D eigenvalue weighted by Crippen LogP contribution is 2.39. The van der Waals surface area contributed by atoms with Gasteiger partial charge in [-0.15, -0.1) is 0 Å². The van der Waals surface area contributed by atoms with Gasteiger partial charge >= 0.3 is 0 Å². The molecule has 3 fully saturated rings. The normalized spacial score (nSPS) is 35.0. The zero-order chi connectivity index (χ0) is 14.1. The lowest BCUT2D eigenvalue weighted by atomic mass is 9.95. The molecule has 0 aromatic rings. The Morgan fingerprint density at radius 1 is 1.30 bits per heavy atom. The maximum Gasteiger partial charge on any atom is 0.223 e. The summed E-state index contributed by atoms with van der Waals surface area (Å²) in [7, 11) is 0. The van der Waals surface area contributed by atoms with Gasteiger partial charge in [0.1, 0.15) is 6.61 Å². The number of likely N-dealkylation sites (tertiary alicyclic amines) is 1. The summed E-state index contributed by atoms with van der Waals surface area (Å²) in [5.41, 5.74) is 0. The van der Waals surface area contributed by atoms with Gasteiger partial charge in [-0.1, -0.05) is 6.42 Å². The Kier molecular flexibility index (Phi) is 4.08. The van der Waals surface area contributed by atoms with Crippen LogP contribution in [0.4, 0.5) is 0 Å². The number of fused-ring (bicyclic) bond motifs is 1. The van der Waals surface area contributed by atoms with Gasteiger partial charge in [-0.3, -0.25) is 14.5 Å². The number of hydrogen-bond donors (Lipinski definition) is 2. The lowest BCUT2D eigenvalue weighted by Gasteiger charge is -2.28. The fourth-order valence-electron chi connectivity index (χ4n) is 4.25. The number of hydrogen-bond acceptors (Lipinski definition) is 4. The van der Waals surface area contributed by atoms with Gasteiger partial charge in [0, 0.05) is 25.6 Å². The number of nitrogens with zero attached hydrogens (tertiary/aromatic N) is 1. The molecule has 0 unspecified atom stereocenters. The van der Waals surface area contributed by atoms with E-state index in [4.69, 9.17) is 0 Å². The van der Waals surface area contributed by atoms with Gasteiger partial charge in [-0.25, -0.2) is 0 Å². The van der Waals surface area contributed by atoms with Crippen molar-refractivity contribution in [1.82, 2.24) is 10.2 Å². The minimum absolute atomic E-state index is 0.0593. The fraction of sp³-hybridized carbons (Fsp3) is 0.867. The molecule has 0 bridgehead atoms. The molecule has 2 saturated heterocycles. The van der Waals surface area contributed by atoms with Crippen molar-refractivity contribution in [2.45, 2.75) is 38.1 Å². The molecule has 2 heterocycles. The van der Waals surface area contributed by atoms with Crippen molar-refractivity contribution in [2.24, 2.45) is 17.8 Å². The highest BCUT2D eigenvalue weighted by atomic mass is 16.3. The Balaban J connectivity index is 1.67. The Morgan fingerprint density at radius 2 is 2.00 bits per heavy atom. The molecular formula is C15H24N2O3. The van der Waals surface area contributed by atoms with Crippen LogP contribution < -0.4 is 5.32 Å². The standard InChI is InChI=1S/C15H24N2O3/c18-9-14(19)13(6-10-4-5-16-15(10)20)17-7-11-2-1-3-12(11)8-17/h10-13,18H,1-9H2,(H,16,20)/t10-,11-,12+,13-/m0/s1. The molecule has 3 rings (SSSR count). The van der Waals surface area contributed by atoms with E-state index in [1.807, 2.05) is 0 Å².